The van der Waals surface area contributed by atoms with Crippen molar-refractivity contribution >= 4 is 11.5 Å². The molecule has 0 fully saturated rings. The maximum Gasteiger partial charge on any atom is 0.373 e. The second-order valence-electron chi connectivity index (χ2n) is 2.95. The van der Waals surface area contributed by atoms with Crippen LogP contribution in [-0.2, 0) is 4.74 Å². The van der Waals surface area contributed by atoms with Gasteiger partial charge in [0.1, 0.15) is 5.76 Å². The third-order valence-electron chi connectivity index (χ3n) is 1.89. The van der Waals surface area contributed by atoms with Crippen LogP contribution in [0.5, 0.6) is 0 Å². The summed E-state index contributed by atoms with van der Waals surface area (Å²) in [5, 5.41) is 0. The molecule has 16 heavy (non-hydrogen) atoms. The summed E-state index contributed by atoms with van der Waals surface area (Å²) in [4.78, 5) is 11.1. The van der Waals surface area contributed by atoms with Crippen LogP contribution >= 0.6 is 0 Å². The van der Waals surface area contributed by atoms with Crippen LogP contribution in [-0.4, -0.2) is 13.1 Å². The SMILES string of the molecule is CC.CCC=C(C)c1ccc(C(=O)OC)o1. The number of allylic oxidation sites excluding steroid dienone is 2. The Morgan fingerprint density at radius 2 is 1.94 bits per heavy atom. The molecule has 0 radical (unpaired) electrons. The lowest BCUT2D eigenvalue weighted by molar-refractivity contribution is 0.0564. The number of carbonyl (C=O) groups excluding carboxylic acids is 1. The largest absolute Gasteiger partial charge is 0.463 e. The first kappa shape index (κ1) is 14.5. The summed E-state index contributed by atoms with van der Waals surface area (Å²) in [7, 11) is 1.33. The maximum absolute atomic E-state index is 11.1. The topological polar surface area (TPSA) is 39.4 Å². The van der Waals surface area contributed by atoms with Crippen LogP contribution in [0.1, 0.15) is 50.4 Å². The van der Waals surface area contributed by atoms with E-state index in [1.54, 1.807) is 12.1 Å². The highest BCUT2D eigenvalue weighted by molar-refractivity contribution is 5.86. The number of ether oxygens (including phenoxy) is 1. The normalized spacial score (nSPS) is 10.4. The molecule has 3 nitrogen and oxygen atoms in total. The molecule has 0 aliphatic rings. The molecule has 0 spiro atoms. The first-order valence-corrected chi connectivity index (χ1v) is 5.54. The summed E-state index contributed by atoms with van der Waals surface area (Å²) in [6.45, 7) is 8.00. The molecule has 0 bridgehead atoms. The lowest BCUT2D eigenvalue weighted by Crippen LogP contribution is -1.98. The quantitative estimate of drug-likeness (QED) is 0.731. The van der Waals surface area contributed by atoms with Gasteiger partial charge in [-0.05, 0) is 31.1 Å². The van der Waals surface area contributed by atoms with Gasteiger partial charge in [-0.3, -0.25) is 0 Å². The van der Waals surface area contributed by atoms with E-state index >= 15 is 0 Å². The predicted molar refractivity (Wildman–Crippen MR) is 65.3 cm³/mol. The third-order valence-corrected chi connectivity index (χ3v) is 1.89. The van der Waals surface area contributed by atoms with Crippen molar-refractivity contribution in [1.29, 1.82) is 0 Å². The fraction of sp³-hybridized carbons (Fsp3) is 0.462. The van der Waals surface area contributed by atoms with Gasteiger partial charge >= 0.3 is 5.97 Å². The molecule has 1 rings (SSSR count). The van der Waals surface area contributed by atoms with E-state index in [0.29, 0.717) is 5.76 Å². The predicted octanol–water partition coefficient (Wildman–Crippen LogP) is 3.91. The molecular weight excluding hydrogens is 204 g/mol. The van der Waals surface area contributed by atoms with E-state index in [9.17, 15) is 4.79 Å². The van der Waals surface area contributed by atoms with Crippen LogP contribution in [0.15, 0.2) is 22.6 Å². The van der Waals surface area contributed by atoms with E-state index in [4.69, 9.17) is 4.42 Å². The van der Waals surface area contributed by atoms with Gasteiger partial charge in [-0.15, -0.1) is 0 Å². The summed E-state index contributed by atoms with van der Waals surface area (Å²) >= 11 is 0. The standard InChI is InChI=1S/C11H14O3.C2H6/c1-4-5-8(2)9-6-7-10(14-9)11(12)13-3;1-2/h5-7H,4H2,1-3H3;1-2H3. The van der Waals surface area contributed by atoms with Crippen LogP contribution in [0.4, 0.5) is 0 Å². The first-order chi connectivity index (χ1) is 7.69. The van der Waals surface area contributed by atoms with Gasteiger partial charge in [0.25, 0.3) is 0 Å². The number of rotatable bonds is 3. The zero-order valence-electron chi connectivity index (χ0n) is 10.7. The molecule has 90 valence electrons. The van der Waals surface area contributed by atoms with Gasteiger partial charge in [-0.25, -0.2) is 4.79 Å². The Hall–Kier alpha value is -1.51. The minimum absolute atomic E-state index is 0.242. The van der Waals surface area contributed by atoms with Gasteiger partial charge in [-0.2, -0.15) is 0 Å². The van der Waals surface area contributed by atoms with Crippen LogP contribution in [0.25, 0.3) is 5.57 Å². The Labute approximate surface area is 97.1 Å². The van der Waals surface area contributed by atoms with Crippen LogP contribution in [0.2, 0.25) is 0 Å². The highest BCUT2D eigenvalue weighted by atomic mass is 16.5. The second-order valence-corrected chi connectivity index (χ2v) is 2.95. The molecule has 0 amide bonds. The Morgan fingerprint density at radius 1 is 1.38 bits per heavy atom. The van der Waals surface area contributed by atoms with E-state index in [-0.39, 0.29) is 5.76 Å². The van der Waals surface area contributed by atoms with Gasteiger partial charge in [0.2, 0.25) is 5.76 Å². The highest BCUT2D eigenvalue weighted by Crippen LogP contribution is 2.18. The number of hydrogen-bond donors (Lipinski definition) is 0. The van der Waals surface area contributed by atoms with Crippen LogP contribution < -0.4 is 0 Å². The molecular formula is C13H20O3. The molecule has 0 atom stereocenters. The van der Waals surface area contributed by atoms with Gasteiger partial charge in [-0.1, -0.05) is 26.8 Å². The van der Waals surface area contributed by atoms with E-state index < -0.39 is 5.97 Å². The molecule has 1 aromatic rings. The van der Waals surface area contributed by atoms with Crippen molar-refractivity contribution in [2.75, 3.05) is 7.11 Å². The van der Waals surface area contributed by atoms with Gasteiger partial charge in [0, 0.05) is 0 Å². The van der Waals surface area contributed by atoms with Gasteiger partial charge < -0.3 is 9.15 Å². The third kappa shape index (κ3) is 3.93. The number of esters is 1. The smallest absolute Gasteiger partial charge is 0.373 e. The molecule has 0 aliphatic carbocycles. The van der Waals surface area contributed by atoms with Crippen molar-refractivity contribution < 1.29 is 13.9 Å². The molecule has 3 heteroatoms. The van der Waals surface area contributed by atoms with E-state index in [2.05, 4.69) is 4.74 Å². The average Bonchev–Trinajstić information content (AvgIpc) is 2.80. The lowest BCUT2D eigenvalue weighted by atomic mass is 10.2. The maximum atomic E-state index is 11.1. The molecule has 0 aliphatic heterocycles. The molecule has 1 heterocycles. The van der Waals surface area contributed by atoms with E-state index in [0.717, 1.165) is 12.0 Å². The van der Waals surface area contributed by atoms with Crippen molar-refractivity contribution in [2.24, 2.45) is 0 Å². The zero-order valence-corrected chi connectivity index (χ0v) is 10.7. The molecule has 0 aromatic carbocycles. The summed E-state index contributed by atoms with van der Waals surface area (Å²) in [6.07, 6.45) is 2.99. The fourth-order valence-electron chi connectivity index (χ4n) is 1.17. The summed E-state index contributed by atoms with van der Waals surface area (Å²) in [6, 6.07) is 3.39. The minimum Gasteiger partial charge on any atom is -0.463 e. The average molecular weight is 224 g/mol. The van der Waals surface area contributed by atoms with Gasteiger partial charge in [0.05, 0.1) is 7.11 Å². The Balaban J connectivity index is 0.00000106. The molecule has 0 N–H and O–H groups in total. The Bertz CT molecular complexity index is 348. The number of methoxy groups -OCH3 is 1. The van der Waals surface area contributed by atoms with Crippen molar-refractivity contribution in [3.05, 3.63) is 29.7 Å². The van der Waals surface area contributed by atoms with Crippen molar-refractivity contribution in [3.63, 3.8) is 0 Å². The fourth-order valence-corrected chi connectivity index (χ4v) is 1.17. The first-order valence-electron chi connectivity index (χ1n) is 5.54. The lowest BCUT2D eigenvalue weighted by Gasteiger charge is -1.95. The highest BCUT2D eigenvalue weighted by Gasteiger charge is 2.11. The van der Waals surface area contributed by atoms with Crippen molar-refractivity contribution in [3.8, 4) is 0 Å². The monoisotopic (exact) mass is 224 g/mol. The zero-order chi connectivity index (χ0) is 12.6. The summed E-state index contributed by atoms with van der Waals surface area (Å²) in [5.74, 6) is 0.513. The number of furan rings is 1. The second kappa shape index (κ2) is 7.74. The molecule has 1 aromatic heterocycles. The minimum atomic E-state index is -0.444. The molecule has 0 saturated heterocycles. The van der Waals surface area contributed by atoms with E-state index in [1.807, 2.05) is 33.8 Å². The van der Waals surface area contributed by atoms with Crippen molar-refractivity contribution in [1.82, 2.24) is 0 Å². The van der Waals surface area contributed by atoms with Crippen LogP contribution in [0.3, 0.4) is 0 Å². The van der Waals surface area contributed by atoms with Crippen molar-refractivity contribution in [2.45, 2.75) is 34.1 Å². The summed E-state index contributed by atoms with van der Waals surface area (Å²) in [5.41, 5.74) is 1.03. The van der Waals surface area contributed by atoms with Crippen LogP contribution in [0, 0.1) is 0 Å². The number of hydrogen-bond acceptors (Lipinski definition) is 3. The van der Waals surface area contributed by atoms with Gasteiger partial charge in [0.15, 0.2) is 0 Å². The molecule has 0 saturated carbocycles. The van der Waals surface area contributed by atoms with E-state index in [1.165, 1.54) is 7.11 Å². The Kier molecular flexibility index (Phi) is 7.01. The number of carbonyl (C=O) groups is 1. The Morgan fingerprint density at radius 3 is 2.44 bits per heavy atom. The summed E-state index contributed by atoms with van der Waals surface area (Å²) < 4.78 is 9.84. The molecule has 0 unspecified atom stereocenters.